The van der Waals surface area contributed by atoms with Crippen LogP contribution in [-0.2, 0) is 0 Å². The average Bonchev–Trinajstić information content (AvgIpc) is 2.32. The van der Waals surface area contributed by atoms with Gasteiger partial charge in [0.1, 0.15) is 5.82 Å². The highest BCUT2D eigenvalue weighted by molar-refractivity contribution is 5.94. The normalized spacial score (nSPS) is 27.1. The summed E-state index contributed by atoms with van der Waals surface area (Å²) >= 11 is 0. The third-order valence-corrected chi connectivity index (χ3v) is 3.75. The third kappa shape index (κ3) is 3.32. The van der Waals surface area contributed by atoms with Crippen LogP contribution in [0.1, 0.15) is 42.6 Å². The summed E-state index contributed by atoms with van der Waals surface area (Å²) in [4.78, 5) is 12.1. The lowest BCUT2D eigenvalue weighted by molar-refractivity contribution is 0.0910. The zero-order valence-electron chi connectivity index (χ0n) is 11.7. The number of carbonyl (C=O) groups excluding carboxylic acids is 1. The molecule has 3 atom stereocenters. The first-order valence-corrected chi connectivity index (χ1v) is 6.80. The Morgan fingerprint density at radius 1 is 1.37 bits per heavy atom. The zero-order valence-corrected chi connectivity index (χ0v) is 11.7. The molecular formula is C15H21FN2O. The van der Waals surface area contributed by atoms with Gasteiger partial charge in [-0.2, -0.15) is 0 Å². The summed E-state index contributed by atoms with van der Waals surface area (Å²) in [5, 5.41) is 6.33. The van der Waals surface area contributed by atoms with Gasteiger partial charge in [0, 0.05) is 18.1 Å². The van der Waals surface area contributed by atoms with Crippen LogP contribution in [0, 0.1) is 12.7 Å². The highest BCUT2D eigenvalue weighted by Gasteiger charge is 2.26. The number of benzene rings is 1. The average molecular weight is 264 g/mol. The number of nitrogens with one attached hydrogen (secondary N) is 2. The van der Waals surface area contributed by atoms with Gasteiger partial charge in [0.2, 0.25) is 0 Å². The number of carbonyl (C=O) groups is 1. The Balaban J connectivity index is 2.04. The maximum Gasteiger partial charge on any atom is 0.254 e. The van der Waals surface area contributed by atoms with Crippen LogP contribution in [0.4, 0.5) is 4.39 Å². The highest BCUT2D eigenvalue weighted by Crippen LogP contribution is 2.15. The van der Waals surface area contributed by atoms with E-state index in [1.807, 2.05) is 6.92 Å². The molecule has 0 bridgehead atoms. The molecule has 1 aliphatic heterocycles. The van der Waals surface area contributed by atoms with Gasteiger partial charge in [-0.3, -0.25) is 4.79 Å². The van der Waals surface area contributed by atoms with E-state index in [2.05, 4.69) is 17.6 Å². The van der Waals surface area contributed by atoms with Crippen molar-refractivity contribution in [3.05, 3.63) is 35.1 Å². The van der Waals surface area contributed by atoms with Gasteiger partial charge in [-0.05, 0) is 51.3 Å². The Kier molecular flexibility index (Phi) is 4.20. The molecular weight excluding hydrogens is 243 g/mol. The first-order chi connectivity index (χ1) is 8.97. The van der Waals surface area contributed by atoms with Crippen molar-refractivity contribution < 1.29 is 9.18 Å². The van der Waals surface area contributed by atoms with Gasteiger partial charge in [-0.1, -0.05) is 6.07 Å². The molecule has 104 valence electrons. The molecule has 4 heteroatoms. The fraction of sp³-hybridized carbons (Fsp3) is 0.533. The molecule has 0 aromatic heterocycles. The summed E-state index contributed by atoms with van der Waals surface area (Å²) < 4.78 is 13.7. The van der Waals surface area contributed by atoms with Crippen molar-refractivity contribution >= 4 is 5.91 Å². The summed E-state index contributed by atoms with van der Waals surface area (Å²) in [5.74, 6) is -0.784. The Morgan fingerprint density at radius 3 is 2.74 bits per heavy atom. The molecule has 1 saturated heterocycles. The minimum atomic E-state index is -0.456. The van der Waals surface area contributed by atoms with E-state index in [1.165, 1.54) is 6.07 Å². The summed E-state index contributed by atoms with van der Waals surface area (Å²) in [5.41, 5.74) is 0.937. The SMILES string of the molecule is Cc1ccc(C(=O)NC2CCC(C)NC2C)c(F)c1. The van der Waals surface area contributed by atoms with Crippen molar-refractivity contribution in [3.63, 3.8) is 0 Å². The molecule has 2 N–H and O–H groups in total. The second-order valence-electron chi connectivity index (χ2n) is 5.50. The number of hydrogen-bond acceptors (Lipinski definition) is 2. The van der Waals surface area contributed by atoms with Gasteiger partial charge < -0.3 is 10.6 Å². The first-order valence-electron chi connectivity index (χ1n) is 6.80. The number of rotatable bonds is 2. The van der Waals surface area contributed by atoms with E-state index < -0.39 is 5.82 Å². The lowest BCUT2D eigenvalue weighted by Crippen LogP contribution is -2.54. The van der Waals surface area contributed by atoms with Crippen molar-refractivity contribution in [3.8, 4) is 0 Å². The molecule has 3 unspecified atom stereocenters. The van der Waals surface area contributed by atoms with Crippen LogP contribution in [0.15, 0.2) is 18.2 Å². The third-order valence-electron chi connectivity index (χ3n) is 3.75. The van der Waals surface area contributed by atoms with Gasteiger partial charge in [0.15, 0.2) is 0 Å². The number of hydrogen-bond donors (Lipinski definition) is 2. The van der Waals surface area contributed by atoms with E-state index in [1.54, 1.807) is 19.1 Å². The van der Waals surface area contributed by atoms with Crippen LogP contribution < -0.4 is 10.6 Å². The van der Waals surface area contributed by atoms with Gasteiger partial charge in [-0.25, -0.2) is 4.39 Å². The van der Waals surface area contributed by atoms with E-state index in [9.17, 15) is 9.18 Å². The van der Waals surface area contributed by atoms with E-state index >= 15 is 0 Å². The molecule has 19 heavy (non-hydrogen) atoms. The number of amides is 1. The predicted molar refractivity (Wildman–Crippen MR) is 73.7 cm³/mol. The monoisotopic (exact) mass is 264 g/mol. The Labute approximate surface area is 113 Å². The Morgan fingerprint density at radius 2 is 2.11 bits per heavy atom. The molecule has 1 fully saturated rings. The molecule has 1 heterocycles. The molecule has 1 aromatic rings. The maximum absolute atomic E-state index is 13.7. The van der Waals surface area contributed by atoms with Crippen molar-refractivity contribution in [1.82, 2.24) is 10.6 Å². The zero-order chi connectivity index (χ0) is 14.0. The smallest absolute Gasteiger partial charge is 0.254 e. The second-order valence-corrected chi connectivity index (χ2v) is 5.50. The first kappa shape index (κ1) is 14.0. The topological polar surface area (TPSA) is 41.1 Å². The summed E-state index contributed by atoms with van der Waals surface area (Å²) in [6, 6.07) is 5.43. The Bertz CT molecular complexity index is 475. The lowest BCUT2D eigenvalue weighted by Gasteiger charge is -2.34. The number of piperidine rings is 1. The maximum atomic E-state index is 13.7. The molecule has 0 saturated carbocycles. The minimum Gasteiger partial charge on any atom is -0.348 e. The largest absolute Gasteiger partial charge is 0.348 e. The van der Waals surface area contributed by atoms with E-state index in [4.69, 9.17) is 0 Å². The van der Waals surface area contributed by atoms with E-state index in [-0.39, 0.29) is 23.6 Å². The highest BCUT2D eigenvalue weighted by atomic mass is 19.1. The molecule has 0 spiro atoms. The van der Waals surface area contributed by atoms with E-state index in [0.29, 0.717) is 6.04 Å². The molecule has 0 radical (unpaired) electrons. The molecule has 2 rings (SSSR count). The molecule has 0 aliphatic carbocycles. The quantitative estimate of drug-likeness (QED) is 0.861. The van der Waals surface area contributed by atoms with Crippen LogP contribution in [0.3, 0.4) is 0 Å². The van der Waals surface area contributed by atoms with Crippen molar-refractivity contribution in [2.24, 2.45) is 0 Å². The summed E-state index contributed by atoms with van der Waals surface area (Å²) in [7, 11) is 0. The molecule has 1 aliphatic rings. The van der Waals surface area contributed by atoms with Crippen LogP contribution in [0.2, 0.25) is 0 Å². The summed E-state index contributed by atoms with van der Waals surface area (Å²) in [6.07, 6.45) is 1.94. The van der Waals surface area contributed by atoms with E-state index in [0.717, 1.165) is 18.4 Å². The molecule has 3 nitrogen and oxygen atoms in total. The molecule has 1 amide bonds. The van der Waals surface area contributed by atoms with Crippen LogP contribution in [0.25, 0.3) is 0 Å². The van der Waals surface area contributed by atoms with Crippen molar-refractivity contribution in [2.45, 2.75) is 51.7 Å². The van der Waals surface area contributed by atoms with Crippen molar-refractivity contribution in [2.75, 3.05) is 0 Å². The van der Waals surface area contributed by atoms with Gasteiger partial charge in [-0.15, -0.1) is 0 Å². The standard InChI is InChI=1S/C15H21FN2O/c1-9-4-6-12(13(16)8-9)15(19)18-14-7-5-10(2)17-11(14)3/h4,6,8,10-11,14,17H,5,7H2,1-3H3,(H,18,19). The summed E-state index contributed by atoms with van der Waals surface area (Å²) in [6.45, 7) is 5.99. The lowest BCUT2D eigenvalue weighted by atomic mass is 9.95. The second kappa shape index (κ2) is 5.70. The minimum absolute atomic E-state index is 0.0596. The van der Waals surface area contributed by atoms with Gasteiger partial charge >= 0.3 is 0 Å². The molecule has 1 aromatic carbocycles. The van der Waals surface area contributed by atoms with Gasteiger partial charge in [0.05, 0.1) is 5.56 Å². The van der Waals surface area contributed by atoms with Gasteiger partial charge in [0.25, 0.3) is 5.91 Å². The van der Waals surface area contributed by atoms with Crippen LogP contribution in [0.5, 0.6) is 0 Å². The number of aryl methyl sites for hydroxylation is 1. The number of halogens is 1. The fourth-order valence-corrected chi connectivity index (χ4v) is 2.58. The van der Waals surface area contributed by atoms with Crippen molar-refractivity contribution in [1.29, 1.82) is 0 Å². The fourth-order valence-electron chi connectivity index (χ4n) is 2.58. The van der Waals surface area contributed by atoms with Crippen LogP contribution >= 0.6 is 0 Å². The van der Waals surface area contributed by atoms with Crippen LogP contribution in [-0.4, -0.2) is 24.0 Å². The predicted octanol–water partition coefficient (Wildman–Crippen LogP) is 2.39. The Hall–Kier alpha value is -1.42.